The molecule has 1 fully saturated rings. The number of carbonyl (C=O) groups is 1. The van der Waals surface area contributed by atoms with Gasteiger partial charge < -0.3 is 16.0 Å². The molecule has 25 heavy (non-hydrogen) atoms. The van der Waals surface area contributed by atoms with Crippen molar-refractivity contribution in [2.24, 2.45) is 0 Å². The van der Waals surface area contributed by atoms with Gasteiger partial charge in [0.1, 0.15) is 0 Å². The lowest BCUT2D eigenvalue weighted by Crippen LogP contribution is -2.37. The van der Waals surface area contributed by atoms with Crippen LogP contribution in [0, 0.1) is 6.92 Å². The van der Waals surface area contributed by atoms with E-state index in [4.69, 9.17) is 5.73 Å². The Morgan fingerprint density at radius 3 is 2.68 bits per heavy atom. The molecule has 3 rings (SSSR count). The fourth-order valence-corrected chi connectivity index (χ4v) is 3.49. The number of benzene rings is 2. The Labute approximate surface area is 169 Å². The first-order chi connectivity index (χ1) is 11.0. The van der Waals surface area contributed by atoms with Gasteiger partial charge in [-0.3, -0.25) is 4.79 Å². The number of aryl methyl sites for hydroxylation is 1. The molecule has 1 heterocycles. The lowest BCUT2D eigenvalue weighted by Gasteiger charge is -2.20. The fraction of sp³-hybridized carbons (Fsp3) is 0.278. The van der Waals surface area contributed by atoms with Crippen LogP contribution in [0.5, 0.6) is 0 Å². The highest BCUT2D eigenvalue weighted by Crippen LogP contribution is 2.28. The van der Waals surface area contributed by atoms with Crippen molar-refractivity contribution in [1.29, 1.82) is 0 Å². The van der Waals surface area contributed by atoms with Gasteiger partial charge in [0.05, 0.1) is 5.69 Å². The molecular weight excluding hydrogens is 425 g/mol. The third-order valence-electron chi connectivity index (χ3n) is 4.22. The van der Waals surface area contributed by atoms with E-state index in [2.05, 4.69) is 32.2 Å². The second kappa shape index (κ2) is 9.32. The molecule has 4 nitrogen and oxygen atoms in total. The van der Waals surface area contributed by atoms with Crippen LogP contribution in [0.25, 0.3) is 0 Å². The van der Waals surface area contributed by atoms with Crippen LogP contribution in [0.3, 0.4) is 0 Å². The lowest BCUT2D eigenvalue weighted by molar-refractivity contribution is 0.0940. The second-order valence-corrected chi connectivity index (χ2v) is 6.79. The maximum Gasteiger partial charge on any atom is 0.251 e. The first-order valence-electron chi connectivity index (χ1n) is 7.71. The number of nitrogens with one attached hydrogen (secondary N) is 1. The van der Waals surface area contributed by atoms with Crippen LogP contribution in [-0.2, 0) is 0 Å². The summed E-state index contributed by atoms with van der Waals surface area (Å²) in [6, 6.07) is 13.8. The number of rotatable bonds is 3. The van der Waals surface area contributed by atoms with E-state index in [0.717, 1.165) is 29.5 Å². The van der Waals surface area contributed by atoms with Gasteiger partial charge in [-0.25, -0.2) is 0 Å². The number of amides is 1. The number of para-hydroxylation sites is 1. The summed E-state index contributed by atoms with van der Waals surface area (Å²) in [4.78, 5) is 14.8. The minimum absolute atomic E-state index is 0. The van der Waals surface area contributed by atoms with E-state index in [9.17, 15) is 4.79 Å². The Morgan fingerprint density at radius 1 is 1.24 bits per heavy atom. The summed E-state index contributed by atoms with van der Waals surface area (Å²) >= 11 is 3.59. The van der Waals surface area contributed by atoms with Crippen LogP contribution < -0.4 is 16.0 Å². The number of hydrogen-bond acceptors (Lipinski definition) is 3. The average Bonchev–Trinajstić information content (AvgIpc) is 2.98. The zero-order valence-corrected chi connectivity index (χ0v) is 17.1. The summed E-state index contributed by atoms with van der Waals surface area (Å²) in [5.74, 6) is -0.0474. The van der Waals surface area contributed by atoms with Crippen molar-refractivity contribution in [3.63, 3.8) is 0 Å². The summed E-state index contributed by atoms with van der Waals surface area (Å²) in [6.07, 6.45) is 0.939. The maximum atomic E-state index is 12.5. The minimum atomic E-state index is -0.0474. The number of nitrogens with zero attached hydrogens (tertiary/aromatic N) is 1. The predicted octanol–water partition coefficient (Wildman–Crippen LogP) is 4.19. The van der Waals surface area contributed by atoms with Crippen molar-refractivity contribution in [3.05, 3.63) is 58.1 Å². The Morgan fingerprint density at radius 2 is 1.96 bits per heavy atom. The molecular formula is C18H22BrCl2N3O. The van der Waals surface area contributed by atoms with Crippen LogP contribution in [0.15, 0.2) is 46.9 Å². The third-order valence-corrected chi connectivity index (χ3v) is 4.89. The molecule has 1 atom stereocenters. The molecule has 3 N–H and O–H groups in total. The molecule has 2 aromatic carbocycles. The van der Waals surface area contributed by atoms with E-state index >= 15 is 0 Å². The van der Waals surface area contributed by atoms with Gasteiger partial charge in [-0.05, 0) is 59.1 Å². The second-order valence-electron chi connectivity index (χ2n) is 5.93. The molecule has 0 aromatic heterocycles. The van der Waals surface area contributed by atoms with Crippen molar-refractivity contribution >= 4 is 58.0 Å². The Balaban J connectivity index is 0.00000156. The van der Waals surface area contributed by atoms with E-state index in [0.29, 0.717) is 11.3 Å². The number of halogens is 3. The SMILES string of the molecule is Cc1ccc(N)cc1C(=O)NC1CCN(c2ccccc2Br)C1.Cl.Cl. The standard InChI is InChI=1S/C18H20BrN3O.2ClH/c1-12-6-7-13(20)10-15(12)18(23)21-14-8-9-22(11-14)17-5-3-2-4-16(17)19;;/h2-7,10,14H,8-9,11,20H2,1H3,(H,21,23);2*1H. The lowest BCUT2D eigenvalue weighted by atomic mass is 10.1. The van der Waals surface area contributed by atoms with E-state index in [1.165, 1.54) is 5.69 Å². The molecule has 1 aliphatic heterocycles. The van der Waals surface area contributed by atoms with Crippen LogP contribution in [0.1, 0.15) is 22.3 Å². The van der Waals surface area contributed by atoms with E-state index < -0.39 is 0 Å². The van der Waals surface area contributed by atoms with Crippen LogP contribution in [0.2, 0.25) is 0 Å². The van der Waals surface area contributed by atoms with Crippen molar-refractivity contribution in [1.82, 2.24) is 5.32 Å². The zero-order valence-electron chi connectivity index (χ0n) is 13.9. The Bertz CT molecular complexity index is 742. The maximum absolute atomic E-state index is 12.5. The molecule has 0 radical (unpaired) electrons. The summed E-state index contributed by atoms with van der Waals surface area (Å²) in [7, 11) is 0. The van der Waals surface area contributed by atoms with Gasteiger partial charge in [0, 0.05) is 34.9 Å². The molecule has 0 aliphatic carbocycles. The fourth-order valence-electron chi connectivity index (χ4n) is 2.95. The average molecular weight is 447 g/mol. The minimum Gasteiger partial charge on any atom is -0.399 e. The van der Waals surface area contributed by atoms with E-state index in [1.807, 2.05) is 37.3 Å². The number of nitrogen functional groups attached to an aromatic ring is 1. The number of carbonyl (C=O) groups excluding carboxylic acids is 1. The van der Waals surface area contributed by atoms with Crippen molar-refractivity contribution in [2.75, 3.05) is 23.7 Å². The van der Waals surface area contributed by atoms with Crippen molar-refractivity contribution in [3.8, 4) is 0 Å². The number of anilines is 2. The molecule has 2 aromatic rings. The molecule has 0 spiro atoms. The highest BCUT2D eigenvalue weighted by Gasteiger charge is 2.25. The van der Waals surface area contributed by atoms with Gasteiger partial charge in [0.2, 0.25) is 0 Å². The predicted molar refractivity (Wildman–Crippen MR) is 112 cm³/mol. The van der Waals surface area contributed by atoms with Crippen molar-refractivity contribution < 1.29 is 4.79 Å². The van der Waals surface area contributed by atoms with Crippen LogP contribution in [0.4, 0.5) is 11.4 Å². The van der Waals surface area contributed by atoms with E-state index in [1.54, 1.807) is 6.07 Å². The molecule has 7 heteroatoms. The van der Waals surface area contributed by atoms with Crippen LogP contribution in [-0.4, -0.2) is 25.0 Å². The van der Waals surface area contributed by atoms with Gasteiger partial charge in [-0.2, -0.15) is 0 Å². The van der Waals surface area contributed by atoms with Gasteiger partial charge in [0.15, 0.2) is 0 Å². The topological polar surface area (TPSA) is 58.4 Å². The smallest absolute Gasteiger partial charge is 0.251 e. The van der Waals surface area contributed by atoms with E-state index in [-0.39, 0.29) is 36.8 Å². The van der Waals surface area contributed by atoms with Crippen molar-refractivity contribution in [2.45, 2.75) is 19.4 Å². The van der Waals surface area contributed by atoms with Gasteiger partial charge >= 0.3 is 0 Å². The Hall–Kier alpha value is -1.43. The van der Waals surface area contributed by atoms with Gasteiger partial charge in [-0.1, -0.05) is 18.2 Å². The van der Waals surface area contributed by atoms with Gasteiger partial charge in [-0.15, -0.1) is 24.8 Å². The monoisotopic (exact) mass is 445 g/mol. The first-order valence-corrected chi connectivity index (χ1v) is 8.50. The molecule has 1 aliphatic rings. The van der Waals surface area contributed by atoms with Crippen LogP contribution >= 0.6 is 40.7 Å². The molecule has 1 amide bonds. The molecule has 0 bridgehead atoms. The highest BCUT2D eigenvalue weighted by atomic mass is 79.9. The highest BCUT2D eigenvalue weighted by molar-refractivity contribution is 9.10. The molecule has 1 unspecified atom stereocenters. The molecule has 1 saturated heterocycles. The summed E-state index contributed by atoms with van der Waals surface area (Å²) in [5.41, 5.74) is 9.18. The number of hydrogen-bond donors (Lipinski definition) is 2. The molecule has 136 valence electrons. The number of nitrogens with two attached hydrogens (primary N) is 1. The summed E-state index contributed by atoms with van der Waals surface area (Å²) in [6.45, 7) is 3.68. The summed E-state index contributed by atoms with van der Waals surface area (Å²) in [5, 5.41) is 3.13. The normalized spacial score (nSPS) is 15.9. The molecule has 0 saturated carbocycles. The van der Waals surface area contributed by atoms with Gasteiger partial charge in [0.25, 0.3) is 5.91 Å². The largest absolute Gasteiger partial charge is 0.399 e. The third kappa shape index (κ3) is 5.03. The Kier molecular flexibility index (Phi) is 8.06. The summed E-state index contributed by atoms with van der Waals surface area (Å²) < 4.78 is 1.08. The first kappa shape index (κ1) is 21.6. The quantitative estimate of drug-likeness (QED) is 0.694. The zero-order chi connectivity index (χ0) is 16.4.